The minimum atomic E-state index is -0.869. The van der Waals surface area contributed by atoms with E-state index in [0.717, 1.165) is 5.56 Å². The first-order chi connectivity index (χ1) is 16.4. The van der Waals surface area contributed by atoms with E-state index in [1.165, 1.54) is 13.8 Å². The molecule has 4 atom stereocenters. The second kappa shape index (κ2) is 12.2. The third-order valence-corrected chi connectivity index (χ3v) is 5.65. The highest BCUT2D eigenvalue weighted by Gasteiger charge is 2.47. The molecule has 1 amide bonds. The fraction of sp³-hybridized carbons (Fsp3) is 0.591. The highest BCUT2D eigenvalue weighted by molar-refractivity contribution is 5.68. The van der Waals surface area contributed by atoms with Crippen LogP contribution < -0.4 is 0 Å². The Hall–Kier alpha value is -3.34. The number of rotatable bonds is 8. The quantitative estimate of drug-likeness (QED) is 0.182. The van der Waals surface area contributed by atoms with Crippen LogP contribution in [0.15, 0.2) is 35.4 Å². The van der Waals surface area contributed by atoms with E-state index in [0.29, 0.717) is 32.7 Å². The van der Waals surface area contributed by atoms with Gasteiger partial charge in [0.1, 0.15) is 31.5 Å². The molecule has 184 valence electrons. The van der Waals surface area contributed by atoms with E-state index in [2.05, 4.69) is 14.9 Å². The third-order valence-electron chi connectivity index (χ3n) is 5.65. The van der Waals surface area contributed by atoms with Gasteiger partial charge in [0.15, 0.2) is 0 Å². The molecule has 2 heterocycles. The van der Waals surface area contributed by atoms with Crippen molar-refractivity contribution in [2.45, 2.75) is 44.8 Å². The molecular weight excluding hydrogens is 446 g/mol. The number of hydrogen-bond donors (Lipinski definition) is 0. The van der Waals surface area contributed by atoms with Gasteiger partial charge < -0.3 is 23.8 Å². The monoisotopic (exact) mass is 475 g/mol. The number of carbonyl (C=O) groups excluding carboxylic acids is 3. The number of ether oxygens (including phenoxy) is 4. The number of hydrogen-bond acceptors (Lipinski definition) is 9. The molecule has 2 saturated heterocycles. The van der Waals surface area contributed by atoms with Crippen molar-refractivity contribution >= 4 is 18.0 Å². The lowest BCUT2D eigenvalue weighted by molar-refractivity contribution is -0.155. The van der Waals surface area contributed by atoms with Gasteiger partial charge in [-0.1, -0.05) is 35.4 Å². The highest BCUT2D eigenvalue weighted by atomic mass is 16.6. The lowest BCUT2D eigenvalue weighted by Crippen LogP contribution is -2.51. The number of piperazine rings is 1. The summed E-state index contributed by atoms with van der Waals surface area (Å²) >= 11 is 0. The van der Waals surface area contributed by atoms with Crippen molar-refractivity contribution in [3.05, 3.63) is 46.3 Å². The third kappa shape index (κ3) is 7.08. The molecule has 2 aliphatic heterocycles. The van der Waals surface area contributed by atoms with Crippen molar-refractivity contribution in [1.29, 1.82) is 0 Å². The van der Waals surface area contributed by atoms with Crippen molar-refractivity contribution in [2.75, 3.05) is 39.3 Å². The summed E-state index contributed by atoms with van der Waals surface area (Å²) in [5.41, 5.74) is 9.96. The molecule has 12 nitrogen and oxygen atoms in total. The molecule has 0 radical (unpaired) electrons. The first-order valence-electron chi connectivity index (χ1n) is 11.1. The zero-order valence-electron chi connectivity index (χ0n) is 19.2. The topological polar surface area (TPSA) is 143 Å². The van der Waals surface area contributed by atoms with E-state index in [4.69, 9.17) is 24.5 Å². The van der Waals surface area contributed by atoms with Gasteiger partial charge in [-0.25, -0.2) is 4.79 Å². The van der Waals surface area contributed by atoms with Gasteiger partial charge in [-0.2, -0.15) is 0 Å². The van der Waals surface area contributed by atoms with Gasteiger partial charge in [0, 0.05) is 51.5 Å². The number of benzene rings is 1. The Morgan fingerprint density at radius 3 is 2.38 bits per heavy atom. The second-order valence-electron chi connectivity index (χ2n) is 8.11. The molecule has 12 heteroatoms. The molecule has 3 rings (SSSR count). The van der Waals surface area contributed by atoms with Crippen LogP contribution in [0.3, 0.4) is 0 Å². The van der Waals surface area contributed by atoms with Crippen molar-refractivity contribution in [3.8, 4) is 0 Å². The van der Waals surface area contributed by atoms with Gasteiger partial charge in [0.2, 0.25) is 0 Å². The van der Waals surface area contributed by atoms with Gasteiger partial charge >= 0.3 is 18.0 Å². The lowest BCUT2D eigenvalue weighted by atomic mass is 10.0. The van der Waals surface area contributed by atoms with Crippen molar-refractivity contribution in [2.24, 2.45) is 5.11 Å². The SMILES string of the molecule is CC(=O)OC[C@H]1O[C@H](CN2CCN(C(=O)OCc3ccccc3)CC2)[C@H](N=[N+]=[N-])[C@@H]1OC(C)=O. The number of amides is 1. The molecule has 2 aliphatic rings. The van der Waals surface area contributed by atoms with Gasteiger partial charge in [0.05, 0.1) is 6.10 Å². The molecule has 34 heavy (non-hydrogen) atoms. The summed E-state index contributed by atoms with van der Waals surface area (Å²) < 4.78 is 21.8. The van der Waals surface area contributed by atoms with Crippen LogP contribution in [0.1, 0.15) is 19.4 Å². The predicted octanol–water partition coefficient (Wildman–Crippen LogP) is 1.88. The van der Waals surface area contributed by atoms with E-state index in [9.17, 15) is 14.4 Å². The smallest absolute Gasteiger partial charge is 0.410 e. The molecule has 0 bridgehead atoms. The van der Waals surface area contributed by atoms with Crippen LogP contribution in [-0.2, 0) is 35.1 Å². The first kappa shape index (κ1) is 25.3. The van der Waals surface area contributed by atoms with Crippen molar-refractivity contribution < 1.29 is 33.3 Å². The van der Waals surface area contributed by atoms with Crippen LogP contribution in [0.25, 0.3) is 10.4 Å². The summed E-state index contributed by atoms with van der Waals surface area (Å²) in [6.07, 6.45) is -2.56. The van der Waals surface area contributed by atoms with E-state index in [1.807, 2.05) is 30.3 Å². The summed E-state index contributed by atoms with van der Waals surface area (Å²) in [6.45, 7) is 5.07. The highest BCUT2D eigenvalue weighted by Crippen LogP contribution is 2.28. The largest absolute Gasteiger partial charge is 0.463 e. The summed E-state index contributed by atoms with van der Waals surface area (Å²) in [6, 6.07) is 8.69. The zero-order valence-corrected chi connectivity index (χ0v) is 19.2. The first-order valence-corrected chi connectivity index (χ1v) is 11.1. The molecule has 0 spiro atoms. The molecule has 1 aromatic rings. The summed E-state index contributed by atoms with van der Waals surface area (Å²) in [5.74, 6) is -1.05. The fourth-order valence-electron chi connectivity index (χ4n) is 4.01. The van der Waals surface area contributed by atoms with Crippen LogP contribution in [0.2, 0.25) is 0 Å². The van der Waals surface area contributed by atoms with E-state index in [1.54, 1.807) is 4.90 Å². The van der Waals surface area contributed by atoms with Gasteiger partial charge in [-0.05, 0) is 11.1 Å². The fourth-order valence-corrected chi connectivity index (χ4v) is 4.01. The number of esters is 2. The standard InChI is InChI=1S/C22H29N5O7/c1-15(28)31-14-19-21(33-16(2)29)20(24-25-23)18(34-19)12-26-8-10-27(11-9-26)22(30)32-13-17-6-4-3-5-7-17/h3-7,18-21H,8-14H2,1-2H3/t18-,19-,20+,21-/m1/s1. The summed E-state index contributed by atoms with van der Waals surface area (Å²) in [5, 5.41) is 3.81. The second-order valence-corrected chi connectivity index (χ2v) is 8.11. The number of azide groups is 1. The maximum Gasteiger partial charge on any atom is 0.410 e. The molecular formula is C22H29N5O7. The Morgan fingerprint density at radius 1 is 1.06 bits per heavy atom. The normalized spacial score (nSPS) is 24.7. The van der Waals surface area contributed by atoms with Crippen LogP contribution in [0.4, 0.5) is 4.79 Å². The number of nitrogens with zero attached hydrogens (tertiary/aromatic N) is 5. The van der Waals surface area contributed by atoms with Crippen molar-refractivity contribution in [1.82, 2.24) is 9.80 Å². The Bertz CT molecular complexity index is 900. The van der Waals surface area contributed by atoms with Crippen LogP contribution in [0, 0.1) is 0 Å². The van der Waals surface area contributed by atoms with Crippen molar-refractivity contribution in [3.63, 3.8) is 0 Å². The maximum atomic E-state index is 12.4. The Kier molecular flexibility index (Phi) is 9.08. The van der Waals surface area contributed by atoms with Gasteiger partial charge in [-0.15, -0.1) is 0 Å². The van der Waals surface area contributed by atoms with Gasteiger partial charge in [-0.3, -0.25) is 14.5 Å². The van der Waals surface area contributed by atoms with Gasteiger partial charge in [0.25, 0.3) is 0 Å². The molecule has 0 unspecified atom stereocenters. The van der Waals surface area contributed by atoms with E-state index >= 15 is 0 Å². The molecule has 2 fully saturated rings. The summed E-state index contributed by atoms with van der Waals surface area (Å²) in [4.78, 5) is 41.8. The van der Waals surface area contributed by atoms with Crippen LogP contribution >= 0.6 is 0 Å². The lowest BCUT2D eigenvalue weighted by Gasteiger charge is -2.35. The Labute approximate surface area is 197 Å². The van der Waals surface area contributed by atoms with E-state index < -0.39 is 36.3 Å². The molecule has 0 N–H and O–H groups in total. The molecule has 1 aromatic carbocycles. The van der Waals surface area contributed by atoms with E-state index in [-0.39, 0.29) is 19.3 Å². The molecule has 0 aromatic heterocycles. The Morgan fingerprint density at radius 2 is 1.76 bits per heavy atom. The molecule has 0 aliphatic carbocycles. The average Bonchev–Trinajstić information content (AvgIpc) is 3.12. The average molecular weight is 476 g/mol. The molecule has 0 saturated carbocycles. The zero-order chi connectivity index (χ0) is 24.5. The van der Waals surface area contributed by atoms with Crippen LogP contribution in [-0.4, -0.2) is 91.5 Å². The number of carbonyl (C=O) groups is 3. The Balaban J connectivity index is 1.54. The minimum Gasteiger partial charge on any atom is -0.463 e. The predicted molar refractivity (Wildman–Crippen MR) is 118 cm³/mol. The summed E-state index contributed by atoms with van der Waals surface area (Å²) in [7, 11) is 0. The van der Waals surface area contributed by atoms with Crippen LogP contribution in [0.5, 0.6) is 0 Å². The minimum absolute atomic E-state index is 0.123. The maximum absolute atomic E-state index is 12.4.